The van der Waals surface area contributed by atoms with Gasteiger partial charge in [0.25, 0.3) is 0 Å². The zero-order valence-electron chi connectivity index (χ0n) is 23.2. The molecule has 4 rings (SSSR count). The summed E-state index contributed by atoms with van der Waals surface area (Å²) in [5, 5.41) is 18.6. The number of aliphatic imine (C=N–C) groups is 1. The predicted octanol–water partition coefficient (Wildman–Crippen LogP) is 5.91. The average Bonchev–Trinajstić information content (AvgIpc) is 3.33. The Morgan fingerprint density at radius 1 is 1.21 bits per heavy atom. The normalized spacial score (nSPS) is 16.1. The van der Waals surface area contributed by atoms with Crippen molar-refractivity contribution in [3.8, 4) is 5.00 Å². The second-order valence-electron chi connectivity index (χ2n) is 10.7. The SMILES string of the molecule is Cc1sc2c(c1C)C(c1ccc(C(C)/C=C/CCNO)cc1)=N[C@@H](CC(=O)OC(C)(C)C)c1nnc(C)n1-2. The molecular formula is C29H37N5O3S. The first kappa shape index (κ1) is 27.9. The number of aryl methyl sites for hydroxylation is 2. The molecule has 3 heterocycles. The van der Waals surface area contributed by atoms with Gasteiger partial charge in [0.2, 0.25) is 0 Å². The van der Waals surface area contributed by atoms with Crippen molar-refractivity contribution in [1.82, 2.24) is 20.2 Å². The van der Waals surface area contributed by atoms with Gasteiger partial charge in [0.05, 0.1) is 12.1 Å². The lowest BCUT2D eigenvalue weighted by Gasteiger charge is -2.21. The molecule has 1 aliphatic heterocycles. The molecule has 0 bridgehead atoms. The fraction of sp³-hybridized carbons (Fsp3) is 0.448. The predicted molar refractivity (Wildman–Crippen MR) is 151 cm³/mol. The Kier molecular flexibility index (Phi) is 8.30. The summed E-state index contributed by atoms with van der Waals surface area (Å²) < 4.78 is 7.70. The summed E-state index contributed by atoms with van der Waals surface area (Å²) in [6, 6.07) is 7.94. The molecule has 3 aromatic rings. The van der Waals surface area contributed by atoms with E-state index in [1.165, 1.54) is 16.0 Å². The van der Waals surface area contributed by atoms with Crippen LogP contribution in [-0.2, 0) is 9.53 Å². The van der Waals surface area contributed by atoms with E-state index in [2.05, 4.69) is 72.9 Å². The van der Waals surface area contributed by atoms with Crippen LogP contribution < -0.4 is 5.48 Å². The maximum absolute atomic E-state index is 12.9. The van der Waals surface area contributed by atoms with Crippen LogP contribution in [0.4, 0.5) is 0 Å². The molecule has 0 fully saturated rings. The van der Waals surface area contributed by atoms with Gasteiger partial charge in [-0.15, -0.1) is 21.5 Å². The van der Waals surface area contributed by atoms with Crippen LogP contribution in [0.1, 0.15) is 91.3 Å². The first-order chi connectivity index (χ1) is 18.0. The van der Waals surface area contributed by atoms with E-state index in [0.717, 1.165) is 34.1 Å². The van der Waals surface area contributed by atoms with E-state index in [0.29, 0.717) is 12.4 Å². The van der Waals surface area contributed by atoms with Gasteiger partial charge >= 0.3 is 5.97 Å². The number of aromatic nitrogens is 3. The van der Waals surface area contributed by atoms with Gasteiger partial charge in [0, 0.05) is 22.5 Å². The Morgan fingerprint density at radius 2 is 1.92 bits per heavy atom. The largest absolute Gasteiger partial charge is 0.460 e. The monoisotopic (exact) mass is 535 g/mol. The molecule has 1 aromatic carbocycles. The number of carbonyl (C=O) groups excluding carboxylic acids is 1. The van der Waals surface area contributed by atoms with E-state index in [1.54, 1.807) is 11.3 Å². The first-order valence-electron chi connectivity index (χ1n) is 13.0. The lowest BCUT2D eigenvalue weighted by molar-refractivity contribution is -0.155. The van der Waals surface area contributed by atoms with Gasteiger partial charge in [0.15, 0.2) is 5.82 Å². The van der Waals surface area contributed by atoms with Crippen molar-refractivity contribution < 1.29 is 14.7 Å². The number of hydroxylamine groups is 1. The third-order valence-electron chi connectivity index (χ3n) is 6.58. The Bertz CT molecular complexity index is 1360. The van der Waals surface area contributed by atoms with Crippen LogP contribution in [0.25, 0.3) is 5.00 Å². The Hall–Kier alpha value is -3.14. The minimum absolute atomic E-state index is 0.0779. The number of hydrogen-bond donors (Lipinski definition) is 2. The van der Waals surface area contributed by atoms with Gasteiger partial charge in [-0.05, 0) is 65.0 Å². The topological polar surface area (TPSA) is 102 Å². The number of allylic oxidation sites excluding steroid dienone is 1. The van der Waals surface area contributed by atoms with Crippen LogP contribution in [0.5, 0.6) is 0 Å². The number of rotatable bonds is 8. The molecule has 0 amide bonds. The molecule has 0 spiro atoms. The molecule has 8 nitrogen and oxygen atoms in total. The lowest BCUT2D eigenvalue weighted by Crippen LogP contribution is -2.25. The van der Waals surface area contributed by atoms with Crippen LogP contribution in [0, 0.1) is 20.8 Å². The number of esters is 1. The van der Waals surface area contributed by atoms with Gasteiger partial charge < -0.3 is 9.94 Å². The van der Waals surface area contributed by atoms with Crippen molar-refractivity contribution in [3.63, 3.8) is 0 Å². The second-order valence-corrected chi connectivity index (χ2v) is 11.9. The molecule has 0 aliphatic carbocycles. The highest BCUT2D eigenvalue weighted by Gasteiger charge is 2.33. The number of nitrogens with zero attached hydrogens (tertiary/aromatic N) is 4. The molecule has 2 aromatic heterocycles. The van der Waals surface area contributed by atoms with E-state index in [-0.39, 0.29) is 18.3 Å². The number of fused-ring (bicyclic) bond motifs is 3. The second kappa shape index (κ2) is 11.3. The molecule has 202 valence electrons. The van der Waals surface area contributed by atoms with Crippen LogP contribution >= 0.6 is 11.3 Å². The maximum atomic E-state index is 12.9. The Morgan fingerprint density at radius 3 is 2.58 bits per heavy atom. The minimum Gasteiger partial charge on any atom is -0.460 e. The van der Waals surface area contributed by atoms with E-state index < -0.39 is 11.6 Å². The molecule has 2 N–H and O–H groups in total. The van der Waals surface area contributed by atoms with Crippen LogP contribution in [0.2, 0.25) is 0 Å². The van der Waals surface area contributed by atoms with E-state index >= 15 is 0 Å². The quantitative estimate of drug-likeness (QED) is 0.161. The van der Waals surface area contributed by atoms with Crippen molar-refractivity contribution in [1.29, 1.82) is 0 Å². The van der Waals surface area contributed by atoms with E-state index in [4.69, 9.17) is 14.9 Å². The molecule has 1 unspecified atom stereocenters. The highest BCUT2D eigenvalue weighted by atomic mass is 32.1. The summed E-state index contributed by atoms with van der Waals surface area (Å²) in [4.78, 5) is 19.3. The Balaban J connectivity index is 1.77. The van der Waals surface area contributed by atoms with Gasteiger partial charge in [-0.2, -0.15) is 0 Å². The molecular weight excluding hydrogens is 498 g/mol. The zero-order valence-corrected chi connectivity index (χ0v) is 24.0. The van der Waals surface area contributed by atoms with Crippen molar-refractivity contribution in [3.05, 3.63) is 75.2 Å². The van der Waals surface area contributed by atoms with Crippen molar-refractivity contribution >= 4 is 23.0 Å². The lowest BCUT2D eigenvalue weighted by atomic mass is 9.95. The molecule has 0 saturated carbocycles. The Labute approximate surface area is 228 Å². The number of benzene rings is 1. The van der Waals surface area contributed by atoms with Crippen LogP contribution in [0.3, 0.4) is 0 Å². The number of nitrogens with one attached hydrogen (secondary N) is 1. The third-order valence-corrected chi connectivity index (χ3v) is 7.77. The van der Waals surface area contributed by atoms with Crippen LogP contribution in [0.15, 0.2) is 41.4 Å². The number of hydrogen-bond acceptors (Lipinski definition) is 8. The van der Waals surface area contributed by atoms with Gasteiger partial charge in [-0.1, -0.05) is 43.3 Å². The van der Waals surface area contributed by atoms with Gasteiger partial charge in [0.1, 0.15) is 22.5 Å². The standard InChI is InChI=1S/C29H37N5O3S/c1-17(10-8-9-15-30-36)21-11-13-22(14-12-21)26-25-18(2)19(3)38-28(25)34-20(4)32-33-27(34)23(31-26)16-24(35)37-29(5,6)7/h8,10-14,17,23,30,36H,9,15-16H2,1-7H3/b10-8+/t17?,23-/m0/s1. The van der Waals surface area contributed by atoms with Gasteiger partial charge in [-0.25, -0.2) is 5.48 Å². The molecule has 0 saturated heterocycles. The fourth-order valence-corrected chi connectivity index (χ4v) is 5.78. The van der Waals surface area contributed by atoms with E-state index in [1.807, 2.05) is 32.3 Å². The molecule has 9 heteroatoms. The van der Waals surface area contributed by atoms with E-state index in [9.17, 15) is 4.79 Å². The number of carbonyl (C=O) groups is 1. The molecule has 0 radical (unpaired) electrons. The number of thiophene rings is 1. The summed E-state index contributed by atoms with van der Waals surface area (Å²) in [6.45, 7) is 14.4. The smallest absolute Gasteiger partial charge is 0.308 e. The summed E-state index contributed by atoms with van der Waals surface area (Å²) >= 11 is 1.70. The maximum Gasteiger partial charge on any atom is 0.308 e. The summed E-state index contributed by atoms with van der Waals surface area (Å²) in [5.74, 6) is 1.33. The summed E-state index contributed by atoms with van der Waals surface area (Å²) in [7, 11) is 0. The fourth-order valence-electron chi connectivity index (χ4n) is 4.57. The summed E-state index contributed by atoms with van der Waals surface area (Å²) in [6.07, 6.45) is 5.05. The molecule has 2 atom stereocenters. The molecule has 1 aliphatic rings. The minimum atomic E-state index is -0.584. The van der Waals surface area contributed by atoms with Crippen LogP contribution in [-0.4, -0.2) is 43.8 Å². The van der Waals surface area contributed by atoms with Crippen molar-refractivity contribution in [2.75, 3.05) is 6.54 Å². The van der Waals surface area contributed by atoms with Crippen molar-refractivity contribution in [2.24, 2.45) is 4.99 Å². The average molecular weight is 536 g/mol. The van der Waals surface area contributed by atoms with Gasteiger partial charge in [-0.3, -0.25) is 14.4 Å². The summed E-state index contributed by atoms with van der Waals surface area (Å²) in [5.41, 5.74) is 6.84. The highest BCUT2D eigenvalue weighted by Crippen LogP contribution is 2.39. The first-order valence-corrected chi connectivity index (χ1v) is 13.8. The zero-order chi connectivity index (χ0) is 27.6. The third kappa shape index (κ3) is 5.95. The van der Waals surface area contributed by atoms with Crippen molar-refractivity contribution in [2.45, 2.75) is 78.9 Å². The number of ether oxygens (including phenoxy) is 1. The highest BCUT2D eigenvalue weighted by molar-refractivity contribution is 7.15. The molecule has 38 heavy (non-hydrogen) atoms.